The molecule has 32 heavy (non-hydrogen) atoms. The molecule has 4 aromatic rings. The SMILES string of the molecule is CNc1cc(-c2nc3ccccc3s2)ccc1C.COc1cc(C=O)cc(OC)c1OC. The Morgan fingerprint density at radius 1 is 0.938 bits per heavy atom. The normalized spacial score (nSPS) is 10.2. The van der Waals surface area contributed by atoms with Gasteiger partial charge in [-0.2, -0.15) is 0 Å². The van der Waals surface area contributed by atoms with Crippen LogP contribution in [0.15, 0.2) is 54.6 Å². The molecule has 0 aliphatic heterocycles. The van der Waals surface area contributed by atoms with Crippen LogP contribution in [-0.2, 0) is 0 Å². The molecule has 0 unspecified atom stereocenters. The van der Waals surface area contributed by atoms with Gasteiger partial charge in [-0.05, 0) is 42.8 Å². The van der Waals surface area contributed by atoms with Gasteiger partial charge in [0.2, 0.25) is 5.75 Å². The summed E-state index contributed by atoms with van der Waals surface area (Å²) in [6, 6.07) is 17.9. The van der Waals surface area contributed by atoms with Gasteiger partial charge >= 0.3 is 0 Å². The summed E-state index contributed by atoms with van der Waals surface area (Å²) in [6.07, 6.45) is 0.727. The topological polar surface area (TPSA) is 69.7 Å². The average Bonchev–Trinajstić information content (AvgIpc) is 3.28. The fourth-order valence-corrected chi connectivity index (χ4v) is 4.15. The zero-order chi connectivity index (χ0) is 23.1. The van der Waals surface area contributed by atoms with E-state index in [2.05, 4.69) is 53.6 Å². The zero-order valence-corrected chi connectivity index (χ0v) is 19.6. The Bertz CT molecular complexity index is 1160. The van der Waals surface area contributed by atoms with Gasteiger partial charge in [-0.3, -0.25) is 4.79 Å². The molecule has 0 saturated carbocycles. The third kappa shape index (κ3) is 5.00. The second-order valence-electron chi connectivity index (χ2n) is 6.84. The van der Waals surface area contributed by atoms with Crippen molar-refractivity contribution in [3.63, 3.8) is 0 Å². The lowest BCUT2D eigenvalue weighted by molar-refractivity contribution is 0.112. The molecular weight excluding hydrogens is 424 g/mol. The molecule has 0 bridgehead atoms. The molecule has 7 heteroatoms. The predicted octanol–water partition coefficient (Wildman–Crippen LogP) is 5.84. The lowest BCUT2D eigenvalue weighted by atomic mass is 10.1. The number of anilines is 1. The summed E-state index contributed by atoms with van der Waals surface area (Å²) >= 11 is 1.74. The molecule has 0 fully saturated rings. The Kier molecular flexibility index (Phi) is 7.68. The van der Waals surface area contributed by atoms with E-state index in [1.165, 1.54) is 37.2 Å². The van der Waals surface area contributed by atoms with E-state index >= 15 is 0 Å². The number of para-hydroxylation sites is 1. The largest absolute Gasteiger partial charge is 0.493 e. The molecular formula is C25H26N2O4S. The molecule has 0 aliphatic rings. The minimum atomic E-state index is 0.481. The van der Waals surface area contributed by atoms with Crippen molar-refractivity contribution in [1.29, 1.82) is 0 Å². The number of rotatable bonds is 6. The first-order chi connectivity index (χ1) is 15.5. The maximum atomic E-state index is 10.6. The van der Waals surface area contributed by atoms with Gasteiger partial charge in [0.15, 0.2) is 11.5 Å². The highest BCUT2D eigenvalue weighted by atomic mass is 32.1. The zero-order valence-electron chi connectivity index (χ0n) is 18.8. The van der Waals surface area contributed by atoms with Gasteiger partial charge in [-0.15, -0.1) is 11.3 Å². The Labute approximate surface area is 191 Å². The molecule has 4 rings (SSSR count). The van der Waals surface area contributed by atoms with E-state index in [1.54, 1.807) is 23.5 Å². The van der Waals surface area contributed by atoms with Gasteiger partial charge in [0.1, 0.15) is 11.3 Å². The van der Waals surface area contributed by atoms with Crippen LogP contribution in [0.5, 0.6) is 17.2 Å². The molecule has 3 aromatic carbocycles. The number of ether oxygens (including phenoxy) is 3. The van der Waals surface area contributed by atoms with E-state index in [0.29, 0.717) is 22.8 Å². The van der Waals surface area contributed by atoms with Gasteiger partial charge in [-0.1, -0.05) is 24.3 Å². The van der Waals surface area contributed by atoms with Crippen molar-refractivity contribution in [2.24, 2.45) is 0 Å². The number of hydrogen-bond donors (Lipinski definition) is 1. The lowest BCUT2D eigenvalue weighted by Crippen LogP contribution is -1.96. The number of aromatic nitrogens is 1. The first-order valence-electron chi connectivity index (χ1n) is 9.94. The first-order valence-corrected chi connectivity index (χ1v) is 10.8. The highest BCUT2D eigenvalue weighted by Crippen LogP contribution is 2.37. The number of nitrogens with one attached hydrogen (secondary N) is 1. The van der Waals surface area contributed by atoms with E-state index in [-0.39, 0.29) is 0 Å². The van der Waals surface area contributed by atoms with E-state index in [1.807, 2.05) is 13.1 Å². The van der Waals surface area contributed by atoms with Crippen LogP contribution in [-0.4, -0.2) is 39.6 Å². The van der Waals surface area contributed by atoms with Crippen molar-refractivity contribution in [3.05, 3.63) is 65.7 Å². The van der Waals surface area contributed by atoms with Crippen LogP contribution in [0.1, 0.15) is 15.9 Å². The Morgan fingerprint density at radius 2 is 1.62 bits per heavy atom. The average molecular weight is 451 g/mol. The molecule has 1 N–H and O–H groups in total. The highest BCUT2D eigenvalue weighted by molar-refractivity contribution is 7.21. The number of benzene rings is 3. The molecule has 0 atom stereocenters. The minimum absolute atomic E-state index is 0.481. The number of carbonyl (C=O) groups excluding carboxylic acids is 1. The quantitative estimate of drug-likeness (QED) is 0.372. The number of fused-ring (bicyclic) bond motifs is 1. The monoisotopic (exact) mass is 450 g/mol. The third-order valence-corrected chi connectivity index (χ3v) is 5.96. The summed E-state index contributed by atoms with van der Waals surface area (Å²) in [7, 11) is 6.48. The predicted molar refractivity (Wildman–Crippen MR) is 131 cm³/mol. The van der Waals surface area contributed by atoms with Crippen LogP contribution in [0.25, 0.3) is 20.8 Å². The summed E-state index contributed by atoms with van der Waals surface area (Å²) in [6.45, 7) is 2.11. The summed E-state index contributed by atoms with van der Waals surface area (Å²) in [4.78, 5) is 15.3. The van der Waals surface area contributed by atoms with Crippen molar-refractivity contribution in [2.45, 2.75) is 6.92 Å². The van der Waals surface area contributed by atoms with Crippen molar-refractivity contribution in [3.8, 4) is 27.8 Å². The molecule has 0 radical (unpaired) electrons. The van der Waals surface area contributed by atoms with Gasteiger partial charge < -0.3 is 19.5 Å². The summed E-state index contributed by atoms with van der Waals surface area (Å²) in [5.41, 5.74) is 5.14. The summed E-state index contributed by atoms with van der Waals surface area (Å²) in [5, 5.41) is 4.29. The van der Waals surface area contributed by atoms with E-state index in [4.69, 9.17) is 14.2 Å². The second kappa shape index (κ2) is 10.6. The number of aldehydes is 1. The Balaban J connectivity index is 0.000000188. The number of hydrogen-bond acceptors (Lipinski definition) is 7. The maximum absolute atomic E-state index is 10.6. The smallest absolute Gasteiger partial charge is 0.203 e. The maximum Gasteiger partial charge on any atom is 0.203 e. The van der Waals surface area contributed by atoms with Gasteiger partial charge in [-0.25, -0.2) is 4.98 Å². The molecule has 166 valence electrons. The van der Waals surface area contributed by atoms with E-state index in [0.717, 1.165) is 22.5 Å². The van der Waals surface area contributed by atoms with Crippen LogP contribution in [0.4, 0.5) is 5.69 Å². The Morgan fingerprint density at radius 3 is 2.19 bits per heavy atom. The van der Waals surface area contributed by atoms with Crippen molar-refractivity contribution >= 4 is 33.5 Å². The van der Waals surface area contributed by atoms with Crippen LogP contribution in [0, 0.1) is 6.92 Å². The number of carbonyl (C=O) groups is 1. The molecule has 0 amide bonds. The fraction of sp³-hybridized carbons (Fsp3) is 0.200. The minimum Gasteiger partial charge on any atom is -0.493 e. The second-order valence-corrected chi connectivity index (χ2v) is 7.87. The third-order valence-electron chi connectivity index (χ3n) is 4.87. The van der Waals surface area contributed by atoms with Crippen LogP contribution >= 0.6 is 11.3 Å². The number of aryl methyl sites for hydroxylation is 1. The number of methoxy groups -OCH3 is 3. The van der Waals surface area contributed by atoms with Crippen molar-refractivity contribution < 1.29 is 19.0 Å². The Hall–Kier alpha value is -3.58. The molecule has 6 nitrogen and oxygen atoms in total. The van der Waals surface area contributed by atoms with E-state index in [9.17, 15) is 4.79 Å². The number of nitrogens with zero attached hydrogens (tertiary/aromatic N) is 1. The molecule has 1 heterocycles. The molecule has 0 saturated heterocycles. The molecule has 0 spiro atoms. The van der Waals surface area contributed by atoms with Gasteiger partial charge in [0, 0.05) is 23.9 Å². The van der Waals surface area contributed by atoms with Crippen molar-refractivity contribution in [1.82, 2.24) is 4.98 Å². The van der Waals surface area contributed by atoms with Crippen LogP contribution < -0.4 is 19.5 Å². The molecule has 0 aliphatic carbocycles. The lowest BCUT2D eigenvalue weighted by Gasteiger charge is -2.11. The van der Waals surface area contributed by atoms with Crippen LogP contribution in [0.2, 0.25) is 0 Å². The van der Waals surface area contributed by atoms with Crippen LogP contribution in [0.3, 0.4) is 0 Å². The highest BCUT2D eigenvalue weighted by Gasteiger charge is 2.12. The fourth-order valence-electron chi connectivity index (χ4n) is 3.19. The van der Waals surface area contributed by atoms with E-state index < -0.39 is 0 Å². The number of thiazole rings is 1. The van der Waals surface area contributed by atoms with Crippen molar-refractivity contribution in [2.75, 3.05) is 33.7 Å². The van der Waals surface area contributed by atoms with Gasteiger partial charge in [0.25, 0.3) is 0 Å². The standard InChI is InChI=1S/C15H14N2S.C10H12O4/c1-10-7-8-11(9-13(10)16-2)15-17-12-5-3-4-6-14(12)18-15;1-12-8-4-7(6-11)5-9(13-2)10(8)14-3/h3-9,16H,1-2H3;4-6H,1-3H3. The van der Waals surface area contributed by atoms with Gasteiger partial charge in [0.05, 0.1) is 31.5 Å². The summed E-state index contributed by atoms with van der Waals surface area (Å²) in [5.74, 6) is 1.45. The first kappa shape index (κ1) is 23.1. The molecule has 1 aromatic heterocycles. The summed E-state index contributed by atoms with van der Waals surface area (Å²) < 4.78 is 16.4.